The van der Waals surface area contributed by atoms with Crippen LogP contribution < -0.4 is 10.6 Å². The van der Waals surface area contributed by atoms with Gasteiger partial charge < -0.3 is 15.7 Å². The van der Waals surface area contributed by atoms with Gasteiger partial charge in [0.15, 0.2) is 0 Å². The number of benzene rings is 1. The number of urea groups is 1. The molecule has 0 bridgehead atoms. The van der Waals surface area contributed by atoms with Crippen molar-refractivity contribution in [1.29, 1.82) is 0 Å². The number of aliphatic hydroxyl groups excluding tert-OH is 1. The van der Waals surface area contributed by atoms with E-state index >= 15 is 0 Å². The largest absolute Gasteiger partial charge is 0.393 e. The van der Waals surface area contributed by atoms with Crippen LogP contribution in [0.25, 0.3) is 0 Å². The SMILES string of the molecule is Cc1ccc(NC(=O)NC[C@H]2CCC[C@@H]2O)c(C)c1. The van der Waals surface area contributed by atoms with Gasteiger partial charge in [-0.15, -0.1) is 0 Å². The number of hydrogen-bond acceptors (Lipinski definition) is 2. The maximum Gasteiger partial charge on any atom is 0.319 e. The van der Waals surface area contributed by atoms with Gasteiger partial charge >= 0.3 is 6.03 Å². The molecular formula is C15H22N2O2. The Morgan fingerprint density at radius 2 is 2.16 bits per heavy atom. The summed E-state index contributed by atoms with van der Waals surface area (Å²) < 4.78 is 0. The molecule has 3 N–H and O–H groups in total. The highest BCUT2D eigenvalue weighted by atomic mass is 16.3. The molecular weight excluding hydrogens is 240 g/mol. The van der Waals surface area contributed by atoms with E-state index in [2.05, 4.69) is 10.6 Å². The van der Waals surface area contributed by atoms with Crippen molar-refractivity contribution in [3.05, 3.63) is 29.3 Å². The molecule has 1 aromatic rings. The molecule has 2 atom stereocenters. The van der Waals surface area contributed by atoms with Crippen LogP contribution in [0, 0.1) is 19.8 Å². The smallest absolute Gasteiger partial charge is 0.319 e. The molecule has 1 aromatic carbocycles. The lowest BCUT2D eigenvalue weighted by molar-refractivity contribution is 0.133. The average Bonchev–Trinajstić information content (AvgIpc) is 2.76. The molecule has 0 saturated heterocycles. The van der Waals surface area contributed by atoms with Crippen LogP contribution in [0.15, 0.2) is 18.2 Å². The molecule has 0 heterocycles. The van der Waals surface area contributed by atoms with Gasteiger partial charge in [-0.1, -0.05) is 24.1 Å². The van der Waals surface area contributed by atoms with Crippen molar-refractivity contribution >= 4 is 11.7 Å². The Hall–Kier alpha value is -1.55. The lowest BCUT2D eigenvalue weighted by Crippen LogP contribution is -2.35. The zero-order valence-electron chi connectivity index (χ0n) is 11.6. The fourth-order valence-corrected chi connectivity index (χ4v) is 2.60. The van der Waals surface area contributed by atoms with E-state index in [9.17, 15) is 9.90 Å². The van der Waals surface area contributed by atoms with E-state index in [1.165, 1.54) is 5.56 Å². The summed E-state index contributed by atoms with van der Waals surface area (Å²) in [5.41, 5.74) is 3.06. The van der Waals surface area contributed by atoms with Crippen LogP contribution in [0.5, 0.6) is 0 Å². The third kappa shape index (κ3) is 3.70. The lowest BCUT2D eigenvalue weighted by atomic mass is 10.1. The van der Waals surface area contributed by atoms with E-state index in [4.69, 9.17) is 0 Å². The second-order valence-electron chi connectivity index (χ2n) is 5.41. The average molecular weight is 262 g/mol. The lowest BCUT2D eigenvalue weighted by Gasteiger charge is -2.16. The molecule has 1 fully saturated rings. The number of hydrogen-bond donors (Lipinski definition) is 3. The maximum atomic E-state index is 11.8. The Morgan fingerprint density at radius 1 is 1.37 bits per heavy atom. The molecule has 1 saturated carbocycles. The van der Waals surface area contributed by atoms with Gasteiger partial charge in [0.25, 0.3) is 0 Å². The van der Waals surface area contributed by atoms with Gasteiger partial charge in [-0.05, 0) is 38.3 Å². The predicted molar refractivity (Wildman–Crippen MR) is 76.3 cm³/mol. The number of carbonyl (C=O) groups is 1. The summed E-state index contributed by atoms with van der Waals surface area (Å²) >= 11 is 0. The minimum absolute atomic E-state index is 0.199. The third-order valence-electron chi connectivity index (χ3n) is 3.77. The van der Waals surface area contributed by atoms with Gasteiger partial charge in [0, 0.05) is 18.2 Å². The van der Waals surface area contributed by atoms with Crippen LogP contribution >= 0.6 is 0 Å². The molecule has 0 aliphatic heterocycles. The van der Waals surface area contributed by atoms with Crippen molar-refractivity contribution in [2.75, 3.05) is 11.9 Å². The molecule has 2 amide bonds. The minimum atomic E-state index is -0.263. The van der Waals surface area contributed by atoms with E-state index in [-0.39, 0.29) is 18.1 Å². The zero-order chi connectivity index (χ0) is 13.8. The number of aliphatic hydroxyl groups is 1. The van der Waals surface area contributed by atoms with Crippen molar-refractivity contribution in [2.45, 2.75) is 39.2 Å². The number of nitrogens with one attached hydrogen (secondary N) is 2. The van der Waals surface area contributed by atoms with E-state index in [0.29, 0.717) is 6.54 Å². The summed E-state index contributed by atoms with van der Waals surface area (Å²) in [4.78, 5) is 11.8. The standard InChI is InChI=1S/C15H22N2O2/c1-10-6-7-13(11(2)8-10)17-15(19)16-9-12-4-3-5-14(12)18/h6-8,12,14,18H,3-5,9H2,1-2H3,(H2,16,17,19)/t12-,14+/m1/s1. The minimum Gasteiger partial charge on any atom is -0.393 e. The molecule has 4 heteroatoms. The topological polar surface area (TPSA) is 61.4 Å². The summed E-state index contributed by atoms with van der Waals surface area (Å²) in [5.74, 6) is 0.199. The summed E-state index contributed by atoms with van der Waals surface area (Å²) in [6, 6.07) is 5.72. The molecule has 104 valence electrons. The van der Waals surface area contributed by atoms with E-state index in [0.717, 1.165) is 30.5 Å². The Labute approximate surface area is 114 Å². The number of carbonyl (C=O) groups excluding carboxylic acids is 1. The molecule has 0 aromatic heterocycles. The second kappa shape index (κ2) is 6.06. The molecule has 19 heavy (non-hydrogen) atoms. The van der Waals surface area contributed by atoms with Crippen LogP contribution in [0.2, 0.25) is 0 Å². The highest BCUT2D eigenvalue weighted by molar-refractivity contribution is 5.90. The first-order valence-corrected chi connectivity index (χ1v) is 6.86. The molecule has 2 rings (SSSR count). The molecule has 0 radical (unpaired) electrons. The summed E-state index contributed by atoms with van der Waals surface area (Å²) in [5, 5.41) is 15.4. The molecule has 4 nitrogen and oxygen atoms in total. The third-order valence-corrected chi connectivity index (χ3v) is 3.77. The molecule has 1 aliphatic carbocycles. The Balaban J connectivity index is 1.84. The van der Waals surface area contributed by atoms with Gasteiger partial charge in [0.1, 0.15) is 0 Å². The van der Waals surface area contributed by atoms with Crippen molar-refractivity contribution in [3.8, 4) is 0 Å². The monoisotopic (exact) mass is 262 g/mol. The second-order valence-corrected chi connectivity index (χ2v) is 5.41. The fraction of sp³-hybridized carbons (Fsp3) is 0.533. The normalized spacial score (nSPS) is 22.3. The van der Waals surface area contributed by atoms with Gasteiger partial charge in [-0.2, -0.15) is 0 Å². The Morgan fingerprint density at radius 3 is 2.79 bits per heavy atom. The highest BCUT2D eigenvalue weighted by Gasteiger charge is 2.25. The van der Waals surface area contributed by atoms with Crippen molar-refractivity contribution in [2.24, 2.45) is 5.92 Å². The van der Waals surface area contributed by atoms with Crippen molar-refractivity contribution in [1.82, 2.24) is 5.32 Å². The first-order valence-electron chi connectivity index (χ1n) is 6.86. The van der Waals surface area contributed by atoms with Crippen LogP contribution in [-0.4, -0.2) is 23.8 Å². The number of amides is 2. The molecule has 1 aliphatic rings. The van der Waals surface area contributed by atoms with Crippen LogP contribution in [0.1, 0.15) is 30.4 Å². The summed E-state index contributed by atoms with van der Waals surface area (Å²) in [7, 11) is 0. The highest BCUT2D eigenvalue weighted by Crippen LogP contribution is 2.24. The predicted octanol–water partition coefficient (Wildman–Crippen LogP) is 2.59. The van der Waals surface area contributed by atoms with Crippen LogP contribution in [-0.2, 0) is 0 Å². The van der Waals surface area contributed by atoms with Gasteiger partial charge in [0.05, 0.1) is 6.10 Å². The van der Waals surface area contributed by atoms with Crippen LogP contribution in [0.3, 0.4) is 0 Å². The zero-order valence-corrected chi connectivity index (χ0v) is 11.6. The number of anilines is 1. The quantitative estimate of drug-likeness (QED) is 0.784. The van der Waals surface area contributed by atoms with Gasteiger partial charge in [0.2, 0.25) is 0 Å². The van der Waals surface area contributed by atoms with Gasteiger partial charge in [-0.25, -0.2) is 4.79 Å². The summed E-state index contributed by atoms with van der Waals surface area (Å²) in [6.07, 6.45) is 2.63. The number of rotatable bonds is 3. The van der Waals surface area contributed by atoms with Crippen molar-refractivity contribution in [3.63, 3.8) is 0 Å². The Kier molecular flexibility index (Phi) is 4.43. The van der Waals surface area contributed by atoms with Crippen molar-refractivity contribution < 1.29 is 9.90 Å². The number of aryl methyl sites for hydroxylation is 2. The first kappa shape index (κ1) is 13.9. The van der Waals surface area contributed by atoms with E-state index < -0.39 is 0 Å². The summed E-state index contributed by atoms with van der Waals surface area (Å²) in [6.45, 7) is 4.54. The molecule has 0 spiro atoms. The molecule has 0 unspecified atom stereocenters. The fourth-order valence-electron chi connectivity index (χ4n) is 2.60. The van der Waals surface area contributed by atoms with E-state index in [1.807, 2.05) is 32.0 Å². The Bertz CT molecular complexity index is 459. The maximum absolute atomic E-state index is 11.8. The first-order chi connectivity index (χ1) is 9.06. The van der Waals surface area contributed by atoms with Gasteiger partial charge in [-0.3, -0.25) is 0 Å². The van der Waals surface area contributed by atoms with E-state index in [1.54, 1.807) is 0 Å². The van der Waals surface area contributed by atoms with Crippen LogP contribution in [0.4, 0.5) is 10.5 Å².